The van der Waals surface area contributed by atoms with E-state index in [0.29, 0.717) is 30.2 Å². The predicted octanol–water partition coefficient (Wildman–Crippen LogP) is 3.12. The van der Waals surface area contributed by atoms with Crippen molar-refractivity contribution in [1.29, 1.82) is 5.26 Å². The lowest BCUT2D eigenvalue weighted by Crippen LogP contribution is -2.38. The minimum absolute atomic E-state index is 0.00583. The fraction of sp³-hybridized carbons (Fsp3) is 0.348. The highest BCUT2D eigenvalue weighted by Crippen LogP contribution is 2.30. The average Bonchev–Trinajstić information content (AvgIpc) is 3.58. The maximum Gasteiger partial charge on any atom is 0.253 e. The summed E-state index contributed by atoms with van der Waals surface area (Å²) >= 11 is 0. The molecule has 0 bridgehead atoms. The number of amides is 2. The Kier molecular flexibility index (Phi) is 4.86. The lowest BCUT2D eigenvalue weighted by Gasteiger charge is -2.29. The molecule has 5 rings (SSSR count). The van der Waals surface area contributed by atoms with Crippen LogP contribution in [0.2, 0.25) is 0 Å². The van der Waals surface area contributed by atoms with Gasteiger partial charge < -0.3 is 4.90 Å². The standard InChI is InChI=1S/C23H22N6O2/c24-14-15-9-12-28(13-10-15)22(31)18-7-3-16(4-8-18)19-2-1-11-29-20(19)25-23(27-29)26-21(30)17-5-6-17/h1-4,7-8,11,15,17H,5-6,9-10,12-13H2,(H,26,27,30). The van der Waals surface area contributed by atoms with Crippen LogP contribution in [0.25, 0.3) is 16.8 Å². The number of pyridine rings is 1. The zero-order valence-electron chi connectivity index (χ0n) is 17.0. The molecule has 3 aromatic rings. The third kappa shape index (κ3) is 3.87. The summed E-state index contributed by atoms with van der Waals surface area (Å²) in [4.78, 5) is 31.1. The van der Waals surface area contributed by atoms with Gasteiger partial charge in [0.05, 0.1) is 6.07 Å². The van der Waals surface area contributed by atoms with Gasteiger partial charge in [-0.2, -0.15) is 10.2 Å². The van der Waals surface area contributed by atoms with E-state index < -0.39 is 0 Å². The number of nitrogens with zero attached hydrogens (tertiary/aromatic N) is 5. The molecule has 1 aliphatic carbocycles. The molecule has 2 aliphatic rings. The van der Waals surface area contributed by atoms with Crippen molar-refractivity contribution in [3.05, 3.63) is 48.2 Å². The molecule has 31 heavy (non-hydrogen) atoms. The van der Waals surface area contributed by atoms with E-state index in [1.54, 1.807) is 10.7 Å². The molecule has 0 radical (unpaired) electrons. The van der Waals surface area contributed by atoms with Gasteiger partial charge in [0.25, 0.3) is 5.91 Å². The van der Waals surface area contributed by atoms with E-state index in [2.05, 4.69) is 21.5 Å². The van der Waals surface area contributed by atoms with Crippen molar-refractivity contribution in [3.63, 3.8) is 0 Å². The Hall–Kier alpha value is -3.73. The fourth-order valence-corrected chi connectivity index (χ4v) is 3.93. The monoisotopic (exact) mass is 414 g/mol. The number of rotatable bonds is 4. The number of anilines is 1. The number of piperidine rings is 1. The van der Waals surface area contributed by atoms with E-state index in [9.17, 15) is 9.59 Å². The molecule has 1 N–H and O–H groups in total. The number of carbonyl (C=O) groups is 2. The van der Waals surface area contributed by atoms with Gasteiger partial charge in [0.1, 0.15) is 0 Å². The van der Waals surface area contributed by atoms with Crippen molar-refractivity contribution in [3.8, 4) is 17.2 Å². The Morgan fingerprint density at radius 3 is 2.48 bits per heavy atom. The van der Waals surface area contributed by atoms with Gasteiger partial charge in [-0.05, 0) is 55.5 Å². The van der Waals surface area contributed by atoms with Crippen LogP contribution in [0.3, 0.4) is 0 Å². The number of hydrogen-bond donors (Lipinski definition) is 1. The third-order valence-corrected chi connectivity index (χ3v) is 5.95. The summed E-state index contributed by atoms with van der Waals surface area (Å²) in [5.74, 6) is 0.403. The smallest absolute Gasteiger partial charge is 0.253 e. The second-order valence-electron chi connectivity index (χ2n) is 8.16. The van der Waals surface area contributed by atoms with Crippen molar-refractivity contribution < 1.29 is 9.59 Å². The molecule has 1 aliphatic heterocycles. The summed E-state index contributed by atoms with van der Waals surface area (Å²) < 4.78 is 1.65. The summed E-state index contributed by atoms with van der Waals surface area (Å²) in [5.41, 5.74) is 3.06. The molecule has 2 aromatic heterocycles. The molecule has 8 nitrogen and oxygen atoms in total. The third-order valence-electron chi connectivity index (χ3n) is 5.95. The molecule has 3 heterocycles. The molecule has 2 fully saturated rings. The van der Waals surface area contributed by atoms with Gasteiger partial charge in [-0.15, -0.1) is 5.10 Å². The molecule has 0 atom stereocenters. The van der Waals surface area contributed by atoms with Crippen LogP contribution in [0.4, 0.5) is 5.95 Å². The van der Waals surface area contributed by atoms with Gasteiger partial charge in [-0.3, -0.25) is 14.9 Å². The molecule has 156 valence electrons. The van der Waals surface area contributed by atoms with E-state index in [1.165, 1.54) is 0 Å². The van der Waals surface area contributed by atoms with E-state index in [1.807, 2.05) is 41.3 Å². The minimum Gasteiger partial charge on any atom is -0.339 e. The molecule has 0 spiro atoms. The van der Waals surface area contributed by atoms with Crippen molar-refractivity contribution >= 4 is 23.4 Å². The normalized spacial score (nSPS) is 16.8. The largest absolute Gasteiger partial charge is 0.339 e. The number of benzene rings is 1. The first-order chi connectivity index (χ1) is 15.1. The number of likely N-dealkylation sites (tertiary alicyclic amines) is 1. The van der Waals surface area contributed by atoms with Crippen LogP contribution < -0.4 is 5.32 Å². The molecule has 8 heteroatoms. The number of nitriles is 1. The van der Waals surface area contributed by atoms with Crippen LogP contribution in [0, 0.1) is 23.2 Å². The minimum atomic E-state index is -0.0286. The zero-order chi connectivity index (χ0) is 21.4. The SMILES string of the molecule is N#CC1CCN(C(=O)c2ccc(-c3cccn4nc(NC(=O)C5CC5)nc34)cc2)CC1. The van der Waals surface area contributed by atoms with Crippen LogP contribution in [-0.4, -0.2) is 44.4 Å². The quantitative estimate of drug-likeness (QED) is 0.706. The first-order valence-corrected chi connectivity index (χ1v) is 10.6. The summed E-state index contributed by atoms with van der Waals surface area (Å²) in [6, 6.07) is 13.6. The van der Waals surface area contributed by atoms with Crippen molar-refractivity contribution in [1.82, 2.24) is 19.5 Å². The van der Waals surface area contributed by atoms with Crippen LogP contribution in [0.15, 0.2) is 42.6 Å². The van der Waals surface area contributed by atoms with E-state index in [0.717, 1.165) is 36.8 Å². The van der Waals surface area contributed by atoms with E-state index in [-0.39, 0.29) is 23.7 Å². The zero-order valence-corrected chi connectivity index (χ0v) is 17.0. The first-order valence-electron chi connectivity index (χ1n) is 10.6. The summed E-state index contributed by atoms with van der Waals surface area (Å²) in [6.45, 7) is 1.24. The Morgan fingerprint density at radius 2 is 1.81 bits per heavy atom. The topological polar surface area (TPSA) is 103 Å². The lowest BCUT2D eigenvalue weighted by molar-refractivity contribution is -0.117. The van der Waals surface area contributed by atoms with Crippen molar-refractivity contribution in [2.75, 3.05) is 18.4 Å². The highest BCUT2D eigenvalue weighted by atomic mass is 16.2. The molecule has 0 unspecified atom stereocenters. The van der Waals surface area contributed by atoms with Crippen LogP contribution in [0.5, 0.6) is 0 Å². The molecule has 1 aromatic carbocycles. The van der Waals surface area contributed by atoms with E-state index >= 15 is 0 Å². The average molecular weight is 414 g/mol. The van der Waals surface area contributed by atoms with Crippen molar-refractivity contribution in [2.24, 2.45) is 11.8 Å². The van der Waals surface area contributed by atoms with Gasteiger partial charge in [-0.25, -0.2) is 4.52 Å². The van der Waals surface area contributed by atoms with Gasteiger partial charge in [0.2, 0.25) is 11.9 Å². The number of fused-ring (bicyclic) bond motifs is 1. The Bertz CT molecular complexity index is 1180. The van der Waals surface area contributed by atoms with Crippen LogP contribution in [-0.2, 0) is 4.79 Å². The van der Waals surface area contributed by atoms with Gasteiger partial charge in [0, 0.05) is 42.2 Å². The molecule has 1 saturated heterocycles. The Morgan fingerprint density at radius 1 is 1.06 bits per heavy atom. The highest BCUT2D eigenvalue weighted by Gasteiger charge is 2.30. The lowest BCUT2D eigenvalue weighted by atomic mass is 9.97. The van der Waals surface area contributed by atoms with Gasteiger partial charge in [-0.1, -0.05) is 12.1 Å². The number of aromatic nitrogens is 3. The molecular formula is C23H22N6O2. The molecular weight excluding hydrogens is 392 g/mol. The number of hydrogen-bond acceptors (Lipinski definition) is 5. The summed E-state index contributed by atoms with van der Waals surface area (Å²) in [5, 5.41) is 16.2. The van der Waals surface area contributed by atoms with E-state index in [4.69, 9.17) is 5.26 Å². The fourth-order valence-electron chi connectivity index (χ4n) is 3.93. The van der Waals surface area contributed by atoms with Crippen molar-refractivity contribution in [2.45, 2.75) is 25.7 Å². The second kappa shape index (κ2) is 7.84. The maximum absolute atomic E-state index is 12.8. The molecule has 1 saturated carbocycles. The Labute approximate surface area is 179 Å². The summed E-state index contributed by atoms with van der Waals surface area (Å²) in [7, 11) is 0. The van der Waals surface area contributed by atoms with Gasteiger partial charge in [0.15, 0.2) is 5.65 Å². The Balaban J connectivity index is 1.35. The molecule has 2 amide bonds. The number of carbonyl (C=O) groups excluding carboxylic acids is 2. The maximum atomic E-state index is 12.8. The highest BCUT2D eigenvalue weighted by molar-refractivity contribution is 5.95. The van der Waals surface area contributed by atoms with Crippen LogP contribution in [0.1, 0.15) is 36.0 Å². The second-order valence-corrected chi connectivity index (χ2v) is 8.16. The van der Waals surface area contributed by atoms with Gasteiger partial charge >= 0.3 is 0 Å². The summed E-state index contributed by atoms with van der Waals surface area (Å²) in [6.07, 6.45) is 5.10. The first kappa shape index (κ1) is 19.2. The predicted molar refractivity (Wildman–Crippen MR) is 114 cm³/mol. The number of nitrogens with one attached hydrogen (secondary N) is 1. The van der Waals surface area contributed by atoms with Crippen LogP contribution >= 0.6 is 0 Å².